The molecule has 2 heterocycles. The third kappa shape index (κ3) is 3.65. The summed E-state index contributed by atoms with van der Waals surface area (Å²) in [4.78, 5) is 30.7. The van der Waals surface area contributed by atoms with Crippen molar-refractivity contribution in [3.05, 3.63) is 65.4 Å². The number of carbonyl (C=O) groups is 2. The number of nitrogens with one attached hydrogen (secondary N) is 2. The summed E-state index contributed by atoms with van der Waals surface area (Å²) in [7, 11) is 0. The highest BCUT2D eigenvalue weighted by molar-refractivity contribution is 5.96. The molecule has 7 heteroatoms. The topological polar surface area (TPSA) is 95.1 Å². The first-order chi connectivity index (χ1) is 11.9. The van der Waals surface area contributed by atoms with Crippen LogP contribution in [-0.4, -0.2) is 33.0 Å². The van der Waals surface area contributed by atoms with Crippen LogP contribution in [0.25, 0.3) is 10.9 Å². The fourth-order valence-corrected chi connectivity index (χ4v) is 2.59. The highest BCUT2D eigenvalue weighted by Crippen LogP contribution is 2.20. The average Bonchev–Trinajstić information content (AvgIpc) is 2.96. The van der Waals surface area contributed by atoms with E-state index in [1.54, 1.807) is 31.3 Å². The maximum absolute atomic E-state index is 13.2. The van der Waals surface area contributed by atoms with Gasteiger partial charge in [0.25, 0.3) is 5.91 Å². The minimum absolute atomic E-state index is 0.0754. The van der Waals surface area contributed by atoms with Gasteiger partial charge >= 0.3 is 5.97 Å². The van der Waals surface area contributed by atoms with Crippen LogP contribution in [-0.2, 0) is 11.2 Å². The Hall–Kier alpha value is -3.22. The van der Waals surface area contributed by atoms with Crippen molar-refractivity contribution in [2.24, 2.45) is 0 Å². The number of aromatic nitrogens is 2. The Kier molecular flexibility index (Phi) is 4.47. The van der Waals surface area contributed by atoms with Crippen molar-refractivity contribution in [2.45, 2.75) is 19.4 Å². The van der Waals surface area contributed by atoms with Crippen LogP contribution < -0.4 is 5.32 Å². The summed E-state index contributed by atoms with van der Waals surface area (Å²) in [5.74, 6) is -2.04. The normalized spacial score (nSPS) is 12.1. The van der Waals surface area contributed by atoms with Crippen LogP contribution in [0.2, 0.25) is 0 Å². The van der Waals surface area contributed by atoms with E-state index in [1.807, 2.05) is 0 Å². The fourth-order valence-electron chi connectivity index (χ4n) is 2.59. The highest BCUT2D eigenvalue weighted by Gasteiger charge is 2.22. The van der Waals surface area contributed by atoms with Gasteiger partial charge in [0.05, 0.1) is 5.56 Å². The fraction of sp³-hybridized carbons (Fsp3) is 0.167. The van der Waals surface area contributed by atoms with E-state index in [1.165, 1.54) is 18.3 Å². The van der Waals surface area contributed by atoms with Crippen LogP contribution in [0.1, 0.15) is 21.6 Å². The van der Waals surface area contributed by atoms with Gasteiger partial charge in [-0.15, -0.1) is 0 Å². The molecule has 0 spiro atoms. The SMILES string of the molecule is Cc1ccc(C(=O)N[C@@H](Cc2c[nH]c3cc(F)ccc23)C(=O)O)cn1. The Balaban J connectivity index is 1.80. The molecule has 1 aromatic carbocycles. The zero-order valence-electron chi connectivity index (χ0n) is 13.4. The van der Waals surface area contributed by atoms with Gasteiger partial charge in [-0.05, 0) is 42.8 Å². The summed E-state index contributed by atoms with van der Waals surface area (Å²) in [5.41, 5.74) is 2.31. The second kappa shape index (κ2) is 6.72. The lowest BCUT2D eigenvalue weighted by Gasteiger charge is -2.14. The lowest BCUT2D eigenvalue weighted by molar-refractivity contribution is -0.139. The van der Waals surface area contributed by atoms with Gasteiger partial charge < -0.3 is 15.4 Å². The first-order valence-electron chi connectivity index (χ1n) is 7.66. The Morgan fingerprint density at radius 1 is 1.32 bits per heavy atom. The summed E-state index contributed by atoms with van der Waals surface area (Å²) >= 11 is 0. The van der Waals surface area contributed by atoms with E-state index >= 15 is 0 Å². The van der Waals surface area contributed by atoms with Crippen molar-refractivity contribution >= 4 is 22.8 Å². The lowest BCUT2D eigenvalue weighted by atomic mass is 10.0. The largest absolute Gasteiger partial charge is 0.480 e. The summed E-state index contributed by atoms with van der Waals surface area (Å²) in [6.45, 7) is 1.79. The summed E-state index contributed by atoms with van der Waals surface area (Å²) in [6, 6.07) is 6.39. The molecule has 0 fully saturated rings. The van der Waals surface area contributed by atoms with Crippen molar-refractivity contribution in [3.8, 4) is 0 Å². The number of fused-ring (bicyclic) bond motifs is 1. The van der Waals surface area contributed by atoms with Crippen molar-refractivity contribution < 1.29 is 19.1 Å². The molecule has 3 aromatic rings. The smallest absolute Gasteiger partial charge is 0.326 e. The number of H-pyrrole nitrogens is 1. The van der Waals surface area contributed by atoms with E-state index in [0.29, 0.717) is 11.1 Å². The van der Waals surface area contributed by atoms with Gasteiger partial charge in [-0.25, -0.2) is 9.18 Å². The minimum atomic E-state index is -1.15. The van der Waals surface area contributed by atoms with E-state index in [9.17, 15) is 19.1 Å². The monoisotopic (exact) mass is 341 g/mol. The third-order valence-corrected chi connectivity index (χ3v) is 3.93. The van der Waals surface area contributed by atoms with Crippen LogP contribution in [0, 0.1) is 12.7 Å². The maximum Gasteiger partial charge on any atom is 0.326 e. The van der Waals surface area contributed by atoms with E-state index in [0.717, 1.165) is 11.1 Å². The Morgan fingerprint density at radius 2 is 2.12 bits per heavy atom. The molecule has 0 aliphatic rings. The second-order valence-corrected chi connectivity index (χ2v) is 5.76. The first kappa shape index (κ1) is 16.6. The molecule has 0 aliphatic heterocycles. The van der Waals surface area contributed by atoms with E-state index < -0.39 is 17.9 Å². The molecule has 0 radical (unpaired) electrons. The zero-order chi connectivity index (χ0) is 18.0. The molecular formula is C18H16FN3O3. The summed E-state index contributed by atoms with van der Waals surface area (Å²) < 4.78 is 13.2. The predicted molar refractivity (Wildman–Crippen MR) is 89.8 cm³/mol. The van der Waals surface area contributed by atoms with Crippen molar-refractivity contribution in [1.82, 2.24) is 15.3 Å². The van der Waals surface area contributed by atoms with Crippen LogP contribution in [0.15, 0.2) is 42.7 Å². The van der Waals surface area contributed by atoms with Gasteiger partial charge in [0.1, 0.15) is 11.9 Å². The zero-order valence-corrected chi connectivity index (χ0v) is 13.4. The molecule has 128 valence electrons. The van der Waals surface area contributed by atoms with E-state index in [2.05, 4.69) is 15.3 Å². The lowest BCUT2D eigenvalue weighted by Crippen LogP contribution is -2.42. The number of aryl methyl sites for hydroxylation is 1. The molecular weight excluding hydrogens is 325 g/mol. The number of rotatable bonds is 5. The van der Waals surface area contributed by atoms with Gasteiger partial charge in [0.2, 0.25) is 0 Å². The Labute approximate surface area is 142 Å². The number of aliphatic carboxylic acids is 1. The molecule has 3 rings (SSSR count). The van der Waals surface area contributed by atoms with E-state index in [-0.39, 0.29) is 17.8 Å². The molecule has 0 saturated heterocycles. The van der Waals surface area contributed by atoms with Crippen molar-refractivity contribution in [2.75, 3.05) is 0 Å². The molecule has 6 nitrogen and oxygen atoms in total. The van der Waals surface area contributed by atoms with Gasteiger partial charge in [-0.2, -0.15) is 0 Å². The summed E-state index contributed by atoms with van der Waals surface area (Å²) in [6.07, 6.45) is 3.10. The maximum atomic E-state index is 13.2. The van der Waals surface area contributed by atoms with Crippen LogP contribution in [0.5, 0.6) is 0 Å². The number of aromatic amines is 1. The molecule has 0 bridgehead atoms. The number of carboxylic acids is 1. The molecule has 0 aliphatic carbocycles. The summed E-state index contributed by atoms with van der Waals surface area (Å²) in [5, 5.41) is 12.6. The third-order valence-electron chi connectivity index (χ3n) is 3.93. The van der Waals surface area contributed by atoms with Crippen LogP contribution >= 0.6 is 0 Å². The number of nitrogens with zero attached hydrogens (tertiary/aromatic N) is 1. The molecule has 0 unspecified atom stereocenters. The predicted octanol–water partition coefficient (Wildman–Crippen LogP) is 2.44. The number of benzene rings is 1. The van der Waals surface area contributed by atoms with E-state index in [4.69, 9.17) is 0 Å². The van der Waals surface area contributed by atoms with Gasteiger partial charge in [0.15, 0.2) is 0 Å². The van der Waals surface area contributed by atoms with Gasteiger partial charge in [-0.1, -0.05) is 0 Å². The number of halogens is 1. The minimum Gasteiger partial charge on any atom is -0.480 e. The molecule has 2 aromatic heterocycles. The average molecular weight is 341 g/mol. The molecule has 0 saturated carbocycles. The number of pyridine rings is 1. The first-order valence-corrected chi connectivity index (χ1v) is 7.66. The van der Waals surface area contributed by atoms with Gasteiger partial charge in [0, 0.05) is 35.4 Å². The molecule has 1 amide bonds. The quantitative estimate of drug-likeness (QED) is 0.664. The Morgan fingerprint density at radius 3 is 2.80 bits per heavy atom. The van der Waals surface area contributed by atoms with Crippen molar-refractivity contribution in [3.63, 3.8) is 0 Å². The van der Waals surface area contributed by atoms with Gasteiger partial charge in [-0.3, -0.25) is 9.78 Å². The number of hydrogen-bond donors (Lipinski definition) is 3. The molecule has 1 atom stereocenters. The molecule has 3 N–H and O–H groups in total. The van der Waals surface area contributed by atoms with Crippen molar-refractivity contribution in [1.29, 1.82) is 0 Å². The molecule has 25 heavy (non-hydrogen) atoms. The number of carboxylic acid groups (broad SMARTS) is 1. The standard InChI is InChI=1S/C18H16FN3O3/c1-10-2-3-11(8-20-10)17(23)22-16(18(24)25)6-12-9-21-15-7-13(19)4-5-14(12)15/h2-5,7-9,16,21H,6H2,1H3,(H,22,23)(H,24,25)/t16-/m0/s1. The second-order valence-electron chi connectivity index (χ2n) is 5.76. The highest BCUT2D eigenvalue weighted by atomic mass is 19.1. The number of carbonyl (C=O) groups excluding carboxylic acids is 1. The Bertz CT molecular complexity index is 934. The number of amides is 1. The van der Waals surface area contributed by atoms with Crippen LogP contribution in [0.4, 0.5) is 4.39 Å². The number of hydrogen-bond acceptors (Lipinski definition) is 3. The van der Waals surface area contributed by atoms with Crippen LogP contribution in [0.3, 0.4) is 0 Å².